The van der Waals surface area contributed by atoms with Crippen LogP contribution in [-0.2, 0) is 17.9 Å². The molecule has 1 amide bonds. The van der Waals surface area contributed by atoms with Crippen LogP contribution in [0.4, 0.5) is 5.69 Å². The van der Waals surface area contributed by atoms with Crippen LogP contribution in [0.3, 0.4) is 0 Å². The highest BCUT2D eigenvalue weighted by atomic mass is 35.5. The summed E-state index contributed by atoms with van der Waals surface area (Å²) in [5, 5.41) is 20.5. The second kappa shape index (κ2) is 13.9. The van der Waals surface area contributed by atoms with Gasteiger partial charge in [-0.25, -0.2) is 0 Å². The summed E-state index contributed by atoms with van der Waals surface area (Å²) in [5.74, 6) is 0.563. The van der Waals surface area contributed by atoms with Crippen molar-refractivity contribution in [3.8, 4) is 12.1 Å². The van der Waals surface area contributed by atoms with E-state index >= 15 is 0 Å². The molecule has 9 heteroatoms. The Kier molecular flexibility index (Phi) is 10.3. The molecule has 2 aliphatic rings. The first-order valence-corrected chi connectivity index (χ1v) is 14.7. The van der Waals surface area contributed by atoms with Crippen molar-refractivity contribution >= 4 is 34.8 Å². The molecule has 2 heterocycles. The lowest BCUT2D eigenvalue weighted by Gasteiger charge is -2.30. The van der Waals surface area contributed by atoms with E-state index < -0.39 is 0 Å². The van der Waals surface area contributed by atoms with Gasteiger partial charge in [-0.05, 0) is 81.2 Å². The van der Waals surface area contributed by atoms with Gasteiger partial charge in [0.05, 0.1) is 0 Å². The molecule has 4 rings (SSSR count). The maximum Gasteiger partial charge on any atom is 0.229 e. The number of allylic oxidation sites excluding steroid dienone is 1. The van der Waals surface area contributed by atoms with Crippen LogP contribution in [0.2, 0.25) is 10.0 Å². The zero-order chi connectivity index (χ0) is 28.6. The number of amides is 1. The van der Waals surface area contributed by atoms with Crippen molar-refractivity contribution in [2.24, 2.45) is 0 Å². The fraction of sp³-hybridized carbons (Fsp3) is 0.452. The summed E-state index contributed by atoms with van der Waals surface area (Å²) in [5.41, 5.74) is 3.04. The van der Waals surface area contributed by atoms with E-state index in [4.69, 9.17) is 23.2 Å². The third-order valence-corrected chi connectivity index (χ3v) is 7.84. The molecular formula is C31H36Cl2N6O. The SMILES string of the molecule is CC(C)N(C(=O)CCN1CCN(Cc2cc(Cl)cc(Cl)c2)C1=C(C#N)C#N)c1cccc(CN2CCCCC2)c1. The highest BCUT2D eigenvalue weighted by Crippen LogP contribution is 2.28. The molecule has 0 aromatic heterocycles. The molecule has 0 atom stereocenters. The van der Waals surface area contributed by atoms with Gasteiger partial charge >= 0.3 is 0 Å². The van der Waals surface area contributed by atoms with E-state index in [-0.39, 0.29) is 23.9 Å². The lowest BCUT2D eigenvalue weighted by molar-refractivity contribution is -0.119. The number of hydrogen-bond acceptors (Lipinski definition) is 6. The summed E-state index contributed by atoms with van der Waals surface area (Å²) in [6.07, 6.45) is 4.05. The topological polar surface area (TPSA) is 77.6 Å². The van der Waals surface area contributed by atoms with Crippen molar-refractivity contribution in [1.82, 2.24) is 14.7 Å². The largest absolute Gasteiger partial charge is 0.354 e. The second-order valence-electron chi connectivity index (χ2n) is 10.7. The summed E-state index contributed by atoms with van der Waals surface area (Å²) in [4.78, 5) is 21.9. The minimum absolute atomic E-state index is 0.0100. The molecular weight excluding hydrogens is 543 g/mol. The number of carbonyl (C=O) groups is 1. The molecule has 0 saturated carbocycles. The number of carbonyl (C=O) groups excluding carboxylic acids is 1. The van der Waals surface area contributed by atoms with Gasteiger partial charge in [0, 0.05) is 60.9 Å². The number of halogens is 2. The molecule has 2 aromatic carbocycles. The average Bonchev–Trinajstić information content (AvgIpc) is 3.30. The lowest BCUT2D eigenvalue weighted by atomic mass is 10.1. The predicted molar refractivity (Wildman–Crippen MR) is 160 cm³/mol. The Labute approximate surface area is 247 Å². The molecule has 7 nitrogen and oxygen atoms in total. The molecule has 2 saturated heterocycles. The van der Waals surface area contributed by atoms with Crippen LogP contribution >= 0.6 is 23.2 Å². The Morgan fingerprint density at radius 2 is 1.57 bits per heavy atom. The van der Waals surface area contributed by atoms with Gasteiger partial charge in [-0.15, -0.1) is 0 Å². The van der Waals surface area contributed by atoms with Crippen molar-refractivity contribution in [2.45, 2.75) is 58.7 Å². The smallest absolute Gasteiger partial charge is 0.229 e. The first-order chi connectivity index (χ1) is 19.3. The molecule has 210 valence electrons. The normalized spacial score (nSPS) is 15.7. The van der Waals surface area contributed by atoms with Crippen molar-refractivity contribution in [2.75, 3.05) is 37.6 Å². The van der Waals surface area contributed by atoms with Gasteiger partial charge < -0.3 is 14.7 Å². The number of nitriles is 2. The van der Waals surface area contributed by atoms with Crippen LogP contribution in [0.25, 0.3) is 0 Å². The highest BCUT2D eigenvalue weighted by molar-refractivity contribution is 6.34. The van der Waals surface area contributed by atoms with E-state index in [1.54, 1.807) is 6.07 Å². The van der Waals surface area contributed by atoms with Crippen LogP contribution in [-0.4, -0.2) is 59.4 Å². The Bertz CT molecular complexity index is 1290. The van der Waals surface area contributed by atoms with Gasteiger partial charge in [0.1, 0.15) is 18.0 Å². The van der Waals surface area contributed by atoms with Crippen molar-refractivity contribution in [1.29, 1.82) is 10.5 Å². The van der Waals surface area contributed by atoms with E-state index in [1.807, 2.05) is 65.0 Å². The van der Waals surface area contributed by atoms with Crippen LogP contribution in [0, 0.1) is 22.7 Å². The maximum atomic E-state index is 13.6. The first-order valence-electron chi connectivity index (χ1n) is 13.9. The van der Waals surface area contributed by atoms with Crippen molar-refractivity contribution in [3.05, 3.63) is 75.0 Å². The zero-order valence-electron chi connectivity index (χ0n) is 23.2. The Morgan fingerprint density at radius 3 is 2.23 bits per heavy atom. The van der Waals surface area contributed by atoms with Crippen LogP contribution < -0.4 is 4.90 Å². The van der Waals surface area contributed by atoms with Gasteiger partial charge in [0.25, 0.3) is 0 Å². The molecule has 0 aliphatic carbocycles. The van der Waals surface area contributed by atoms with Gasteiger partial charge in [0.2, 0.25) is 5.91 Å². The van der Waals surface area contributed by atoms with E-state index in [0.717, 1.165) is 30.9 Å². The Morgan fingerprint density at radius 1 is 0.900 bits per heavy atom. The molecule has 0 bridgehead atoms. The van der Waals surface area contributed by atoms with E-state index in [2.05, 4.69) is 17.0 Å². The third kappa shape index (κ3) is 7.49. The van der Waals surface area contributed by atoms with Gasteiger partial charge in [-0.3, -0.25) is 9.69 Å². The van der Waals surface area contributed by atoms with Crippen LogP contribution in [0.5, 0.6) is 0 Å². The molecule has 2 fully saturated rings. The van der Waals surface area contributed by atoms with Crippen molar-refractivity contribution < 1.29 is 4.79 Å². The number of benzene rings is 2. The van der Waals surface area contributed by atoms with Gasteiger partial charge in [-0.2, -0.15) is 10.5 Å². The first kappa shape index (κ1) is 29.7. The van der Waals surface area contributed by atoms with Gasteiger partial charge in [0.15, 0.2) is 5.57 Å². The van der Waals surface area contributed by atoms with Crippen molar-refractivity contribution in [3.63, 3.8) is 0 Å². The fourth-order valence-corrected chi connectivity index (χ4v) is 6.22. The highest BCUT2D eigenvalue weighted by Gasteiger charge is 2.30. The van der Waals surface area contributed by atoms with Crippen LogP contribution in [0.1, 0.15) is 50.7 Å². The number of rotatable bonds is 9. The second-order valence-corrected chi connectivity index (χ2v) is 11.6. The Hall–Kier alpha value is -3.23. The number of anilines is 1. The number of likely N-dealkylation sites (tertiary alicyclic amines) is 1. The number of hydrogen-bond donors (Lipinski definition) is 0. The standard InChI is InChI=1S/C31H36Cl2N6O/c1-23(2)39(29-8-6-7-24(17-29)21-36-10-4-3-5-11-36)30(40)9-12-37-13-14-38(31(37)26(19-34)20-35)22-25-15-27(32)18-28(33)16-25/h6-8,15-18,23H,3-5,9-14,21-22H2,1-2H3. The monoisotopic (exact) mass is 578 g/mol. The average molecular weight is 580 g/mol. The molecule has 2 aliphatic heterocycles. The molecule has 0 unspecified atom stereocenters. The van der Waals surface area contributed by atoms with Gasteiger partial charge in [-0.1, -0.05) is 41.8 Å². The molecule has 40 heavy (non-hydrogen) atoms. The summed E-state index contributed by atoms with van der Waals surface area (Å²) in [6.45, 7) is 9.28. The quantitative estimate of drug-likeness (QED) is 0.330. The molecule has 0 spiro atoms. The zero-order valence-corrected chi connectivity index (χ0v) is 24.8. The van der Waals surface area contributed by atoms with E-state index in [0.29, 0.717) is 42.0 Å². The maximum absolute atomic E-state index is 13.6. The third-order valence-electron chi connectivity index (χ3n) is 7.41. The molecule has 2 aromatic rings. The summed E-state index contributed by atoms with van der Waals surface area (Å²) in [6, 6.07) is 17.7. The fourth-order valence-electron chi connectivity index (χ4n) is 5.65. The summed E-state index contributed by atoms with van der Waals surface area (Å²) in [7, 11) is 0. The minimum Gasteiger partial charge on any atom is -0.354 e. The molecule has 0 N–H and O–H groups in total. The van der Waals surface area contributed by atoms with E-state index in [1.165, 1.54) is 24.8 Å². The Balaban J connectivity index is 1.47. The number of piperidine rings is 1. The van der Waals surface area contributed by atoms with E-state index in [9.17, 15) is 15.3 Å². The molecule has 0 radical (unpaired) electrons. The summed E-state index contributed by atoms with van der Waals surface area (Å²) < 4.78 is 0. The predicted octanol–water partition coefficient (Wildman–Crippen LogP) is 6.19. The minimum atomic E-state index is -0.0100. The number of nitrogens with zero attached hydrogens (tertiary/aromatic N) is 6. The lowest BCUT2D eigenvalue weighted by Crippen LogP contribution is -2.39. The van der Waals surface area contributed by atoms with Crippen LogP contribution in [0.15, 0.2) is 53.9 Å². The summed E-state index contributed by atoms with van der Waals surface area (Å²) >= 11 is 12.4.